The van der Waals surface area contributed by atoms with E-state index in [9.17, 15) is 0 Å². The molecule has 1 aliphatic carbocycles. The molecule has 0 bridgehead atoms. The average Bonchev–Trinajstić information content (AvgIpc) is 3.21. The van der Waals surface area contributed by atoms with Crippen LogP contribution in [0.15, 0.2) is 51.7 Å². The third kappa shape index (κ3) is 6.66. The fraction of sp³-hybridized carbons (Fsp3) is 0.640. The zero-order valence-corrected chi connectivity index (χ0v) is 19.1. The number of amidine groups is 1. The van der Waals surface area contributed by atoms with Crippen molar-refractivity contribution in [3.05, 3.63) is 46.7 Å². The second kappa shape index (κ2) is 12.2. The van der Waals surface area contributed by atoms with Crippen molar-refractivity contribution >= 4 is 5.84 Å². The van der Waals surface area contributed by atoms with Crippen LogP contribution in [0.25, 0.3) is 0 Å². The summed E-state index contributed by atoms with van der Waals surface area (Å²) < 4.78 is 6.09. The fourth-order valence-corrected chi connectivity index (χ4v) is 4.44. The first-order valence-corrected chi connectivity index (χ1v) is 11.8. The predicted octanol–water partition coefficient (Wildman–Crippen LogP) is 3.97. The van der Waals surface area contributed by atoms with Crippen LogP contribution in [-0.4, -0.2) is 63.7 Å². The number of hydrogen-bond donors (Lipinski definition) is 2. The van der Waals surface area contributed by atoms with E-state index < -0.39 is 0 Å². The van der Waals surface area contributed by atoms with Gasteiger partial charge in [-0.25, -0.2) is 0 Å². The van der Waals surface area contributed by atoms with E-state index in [0.29, 0.717) is 6.61 Å². The Labute approximate surface area is 183 Å². The van der Waals surface area contributed by atoms with Gasteiger partial charge in [-0.05, 0) is 80.5 Å². The Kier molecular flexibility index (Phi) is 9.37. The fourth-order valence-electron chi connectivity index (χ4n) is 4.44. The molecule has 3 aliphatic rings. The first-order chi connectivity index (χ1) is 14.7. The van der Waals surface area contributed by atoms with E-state index >= 15 is 0 Å². The number of ether oxygens (including phenoxy) is 1. The normalized spacial score (nSPS) is 23.0. The number of nitrogens with one attached hydrogen (secondary N) is 2. The van der Waals surface area contributed by atoms with E-state index in [2.05, 4.69) is 46.2 Å². The molecule has 2 heterocycles. The third-order valence-electron chi connectivity index (χ3n) is 6.28. The molecule has 30 heavy (non-hydrogen) atoms. The Balaban J connectivity index is 1.62. The number of aliphatic imine (C=N–C) groups is 1. The molecule has 0 aromatic carbocycles. The van der Waals surface area contributed by atoms with Crippen molar-refractivity contribution in [2.75, 3.05) is 53.0 Å². The van der Waals surface area contributed by atoms with Gasteiger partial charge in [0.2, 0.25) is 0 Å². The minimum atomic E-state index is 0.703. The van der Waals surface area contributed by atoms with Gasteiger partial charge in [0.15, 0.2) is 0 Å². The number of allylic oxidation sites excluding steroid dienone is 1. The lowest BCUT2D eigenvalue weighted by Gasteiger charge is -2.19. The van der Waals surface area contributed by atoms with Gasteiger partial charge in [0.05, 0.1) is 6.61 Å². The van der Waals surface area contributed by atoms with E-state index in [-0.39, 0.29) is 0 Å². The summed E-state index contributed by atoms with van der Waals surface area (Å²) in [6, 6.07) is 0. The molecular weight excluding hydrogens is 372 g/mol. The largest absolute Gasteiger partial charge is 0.377 e. The first kappa shape index (κ1) is 23.0. The van der Waals surface area contributed by atoms with E-state index in [0.717, 1.165) is 63.2 Å². The van der Waals surface area contributed by atoms with Crippen molar-refractivity contribution in [2.45, 2.75) is 51.9 Å². The number of hydrogen-bond acceptors (Lipinski definition) is 4. The Bertz CT molecular complexity index is 711. The van der Waals surface area contributed by atoms with E-state index in [1.54, 1.807) is 0 Å². The van der Waals surface area contributed by atoms with Crippen molar-refractivity contribution in [1.29, 1.82) is 0 Å². The third-order valence-corrected chi connectivity index (χ3v) is 6.28. The molecule has 2 N–H and O–H groups in total. The number of likely N-dealkylation sites (tertiary alicyclic amines) is 1. The first-order valence-electron chi connectivity index (χ1n) is 11.8. The Morgan fingerprint density at radius 3 is 2.80 bits per heavy atom. The molecule has 0 radical (unpaired) electrons. The average molecular weight is 413 g/mol. The standard InChI is InChI=1S/C25H40N4O/c1-4-21-17-23-18-27-12-7-9-20(2)25(26-3)28-24(23)11-10-22(21)19-30-16-8-15-29-13-5-6-14-29/h10,17,27H,2,4-9,11-16,18-19H2,1,3H3,(H,26,28). The SMILES string of the molecule is C=C1CCCNCC2=C(CC=C(COCCCN3CCCC3)C(CC)=C2)NC1=NC. The van der Waals surface area contributed by atoms with Gasteiger partial charge in [-0.1, -0.05) is 25.7 Å². The molecule has 0 atom stereocenters. The maximum atomic E-state index is 6.09. The zero-order chi connectivity index (χ0) is 21.2. The smallest absolute Gasteiger partial charge is 0.127 e. The topological polar surface area (TPSA) is 48.9 Å². The van der Waals surface area contributed by atoms with Gasteiger partial charge in [-0.3, -0.25) is 4.99 Å². The van der Waals surface area contributed by atoms with Gasteiger partial charge >= 0.3 is 0 Å². The molecule has 2 aliphatic heterocycles. The Morgan fingerprint density at radius 1 is 1.20 bits per heavy atom. The van der Waals surface area contributed by atoms with Crippen molar-refractivity contribution in [1.82, 2.24) is 15.5 Å². The minimum absolute atomic E-state index is 0.703. The van der Waals surface area contributed by atoms with Crippen LogP contribution in [0.4, 0.5) is 0 Å². The summed E-state index contributed by atoms with van der Waals surface area (Å²) in [6.45, 7) is 13.6. The van der Waals surface area contributed by atoms with Crippen LogP contribution >= 0.6 is 0 Å². The molecule has 5 nitrogen and oxygen atoms in total. The molecule has 0 saturated carbocycles. The van der Waals surface area contributed by atoms with E-state index in [1.807, 2.05) is 7.05 Å². The maximum absolute atomic E-state index is 6.09. The quantitative estimate of drug-likeness (QED) is 0.621. The van der Waals surface area contributed by atoms with Gasteiger partial charge < -0.3 is 20.3 Å². The van der Waals surface area contributed by atoms with Crippen LogP contribution in [0, 0.1) is 0 Å². The van der Waals surface area contributed by atoms with Crippen molar-refractivity contribution < 1.29 is 4.74 Å². The highest BCUT2D eigenvalue weighted by Crippen LogP contribution is 2.25. The summed E-state index contributed by atoms with van der Waals surface area (Å²) in [7, 11) is 1.85. The molecule has 3 rings (SSSR count). The van der Waals surface area contributed by atoms with Crippen molar-refractivity contribution in [3.63, 3.8) is 0 Å². The summed E-state index contributed by atoms with van der Waals surface area (Å²) in [5.41, 5.74) is 6.34. The molecule has 0 unspecified atom stereocenters. The molecule has 1 saturated heterocycles. The van der Waals surface area contributed by atoms with Crippen LogP contribution < -0.4 is 10.6 Å². The van der Waals surface area contributed by atoms with Gasteiger partial charge in [0.25, 0.3) is 0 Å². The summed E-state index contributed by atoms with van der Waals surface area (Å²) in [4.78, 5) is 7.02. The lowest BCUT2D eigenvalue weighted by Crippen LogP contribution is -2.30. The van der Waals surface area contributed by atoms with E-state index in [1.165, 1.54) is 54.9 Å². The van der Waals surface area contributed by atoms with Crippen molar-refractivity contribution in [3.8, 4) is 0 Å². The van der Waals surface area contributed by atoms with Gasteiger partial charge in [-0.2, -0.15) is 0 Å². The molecule has 0 aromatic heterocycles. The molecule has 0 aromatic rings. The van der Waals surface area contributed by atoms with Gasteiger partial charge in [-0.15, -0.1) is 0 Å². The molecule has 1 fully saturated rings. The molecule has 0 spiro atoms. The van der Waals surface area contributed by atoms with Crippen LogP contribution in [0.3, 0.4) is 0 Å². The lowest BCUT2D eigenvalue weighted by molar-refractivity contribution is 0.143. The minimum Gasteiger partial charge on any atom is -0.377 e. The number of rotatable bonds is 7. The molecule has 0 amide bonds. The Hall–Kier alpha value is -1.69. The highest BCUT2D eigenvalue weighted by Gasteiger charge is 2.17. The summed E-state index contributed by atoms with van der Waals surface area (Å²) in [6.07, 6.45) is 12.5. The zero-order valence-electron chi connectivity index (χ0n) is 19.1. The predicted molar refractivity (Wildman–Crippen MR) is 127 cm³/mol. The second-order valence-corrected chi connectivity index (χ2v) is 8.50. The highest BCUT2D eigenvalue weighted by molar-refractivity contribution is 5.98. The highest BCUT2D eigenvalue weighted by atomic mass is 16.5. The van der Waals surface area contributed by atoms with Crippen LogP contribution in [0.2, 0.25) is 0 Å². The Morgan fingerprint density at radius 2 is 2.03 bits per heavy atom. The van der Waals surface area contributed by atoms with Gasteiger partial charge in [0, 0.05) is 38.9 Å². The molecule has 5 heteroatoms. The second-order valence-electron chi connectivity index (χ2n) is 8.50. The molecular formula is C25H40N4O. The van der Waals surface area contributed by atoms with Gasteiger partial charge in [0.1, 0.15) is 5.84 Å². The van der Waals surface area contributed by atoms with Crippen LogP contribution in [0.1, 0.15) is 51.9 Å². The summed E-state index contributed by atoms with van der Waals surface area (Å²) in [5.74, 6) is 0.922. The maximum Gasteiger partial charge on any atom is 0.127 e. The van der Waals surface area contributed by atoms with Crippen LogP contribution in [0.5, 0.6) is 0 Å². The van der Waals surface area contributed by atoms with E-state index in [4.69, 9.17) is 4.74 Å². The number of nitrogens with zero attached hydrogens (tertiary/aromatic N) is 2. The summed E-state index contributed by atoms with van der Waals surface area (Å²) in [5, 5.41) is 7.19. The monoisotopic (exact) mass is 412 g/mol. The summed E-state index contributed by atoms with van der Waals surface area (Å²) >= 11 is 0. The van der Waals surface area contributed by atoms with Crippen molar-refractivity contribution in [2.24, 2.45) is 4.99 Å². The molecule has 166 valence electrons. The lowest BCUT2D eigenvalue weighted by atomic mass is 10.0. The van der Waals surface area contributed by atoms with Crippen LogP contribution in [-0.2, 0) is 4.74 Å².